The van der Waals surface area contributed by atoms with Crippen LogP contribution in [0.1, 0.15) is 52.9 Å². The van der Waals surface area contributed by atoms with Crippen LogP contribution in [0.25, 0.3) is 0 Å². The first kappa shape index (κ1) is 15.5. The monoisotopic (exact) mass is 240 g/mol. The Kier molecular flexibility index (Phi) is 9.42. The summed E-state index contributed by atoms with van der Waals surface area (Å²) >= 11 is 5.98. The van der Waals surface area contributed by atoms with Crippen LogP contribution in [0.5, 0.6) is 0 Å². The van der Waals surface area contributed by atoms with Crippen LogP contribution >= 0.6 is 11.6 Å². The van der Waals surface area contributed by atoms with Gasteiger partial charge in [-0.15, -0.1) is 0 Å². The van der Waals surface area contributed by atoms with Gasteiger partial charge in [0.2, 0.25) is 0 Å². The number of hydrogen-bond donors (Lipinski definition) is 0. The van der Waals surface area contributed by atoms with Crippen LogP contribution in [0.2, 0.25) is 0 Å². The molecule has 0 saturated heterocycles. The lowest BCUT2D eigenvalue weighted by Gasteiger charge is -2.11. The number of hydrogen-bond acceptors (Lipinski definition) is 0. The highest BCUT2D eigenvalue weighted by Crippen LogP contribution is 2.19. The van der Waals surface area contributed by atoms with Crippen LogP contribution in [0, 0.1) is 5.92 Å². The highest BCUT2D eigenvalue weighted by molar-refractivity contribution is 6.31. The highest BCUT2D eigenvalue weighted by atomic mass is 35.5. The molecule has 0 aromatic heterocycles. The average Bonchev–Trinajstić information content (AvgIpc) is 2.26. The molecule has 0 radical (unpaired) electrons. The Morgan fingerprint density at radius 2 is 2.06 bits per heavy atom. The second-order valence-electron chi connectivity index (χ2n) is 4.30. The molecule has 0 fully saturated rings. The van der Waals surface area contributed by atoms with E-state index in [1.54, 1.807) is 0 Å². The quantitative estimate of drug-likeness (QED) is 0.369. The molecule has 0 aliphatic heterocycles. The Hall–Kier alpha value is -0.490. The largest absolute Gasteiger partial charge is 0.0996 e. The van der Waals surface area contributed by atoms with Gasteiger partial charge < -0.3 is 0 Å². The van der Waals surface area contributed by atoms with Crippen molar-refractivity contribution in [3.8, 4) is 0 Å². The van der Waals surface area contributed by atoms with Crippen LogP contribution in [-0.2, 0) is 0 Å². The molecule has 0 bridgehead atoms. The van der Waals surface area contributed by atoms with E-state index >= 15 is 0 Å². The fourth-order valence-electron chi connectivity index (χ4n) is 1.46. The van der Waals surface area contributed by atoms with Crippen molar-refractivity contribution in [1.29, 1.82) is 0 Å². The highest BCUT2D eigenvalue weighted by Gasteiger charge is 2.03. The first-order valence-corrected chi connectivity index (χ1v) is 6.69. The molecule has 1 unspecified atom stereocenters. The van der Waals surface area contributed by atoms with Crippen molar-refractivity contribution in [2.24, 2.45) is 5.92 Å². The lowest BCUT2D eigenvalue weighted by Crippen LogP contribution is -1.96. The van der Waals surface area contributed by atoms with Gasteiger partial charge in [0.05, 0.1) is 0 Å². The van der Waals surface area contributed by atoms with E-state index in [4.69, 9.17) is 11.6 Å². The molecule has 0 heterocycles. The van der Waals surface area contributed by atoms with Crippen molar-refractivity contribution in [2.45, 2.75) is 52.9 Å². The summed E-state index contributed by atoms with van der Waals surface area (Å²) in [6, 6.07) is 0. The Labute approximate surface area is 106 Å². The van der Waals surface area contributed by atoms with Crippen molar-refractivity contribution in [1.82, 2.24) is 0 Å². The zero-order valence-electron chi connectivity index (χ0n) is 10.9. The maximum absolute atomic E-state index is 5.98. The predicted octanol–water partition coefficient (Wildman–Crippen LogP) is 5.85. The smallest absolute Gasteiger partial charge is 0.0362 e. The van der Waals surface area contributed by atoms with E-state index in [1.807, 2.05) is 12.2 Å². The Morgan fingerprint density at radius 1 is 1.38 bits per heavy atom. The minimum atomic E-state index is 0.564. The minimum Gasteiger partial charge on any atom is -0.0996 e. The number of unbranched alkanes of at least 4 members (excludes halogenated alkanes) is 1. The first-order chi connectivity index (χ1) is 7.61. The van der Waals surface area contributed by atoms with Gasteiger partial charge in [0.1, 0.15) is 0 Å². The summed E-state index contributed by atoms with van der Waals surface area (Å²) in [6.45, 7) is 10.7. The SMILES string of the molecule is C=C(CCCC)C(C)C/C=C\C(Cl)=C/CC. The molecular weight excluding hydrogens is 216 g/mol. The molecule has 0 rings (SSSR count). The van der Waals surface area contributed by atoms with Gasteiger partial charge in [-0.25, -0.2) is 0 Å². The number of rotatable bonds is 8. The molecule has 0 saturated carbocycles. The van der Waals surface area contributed by atoms with Crippen LogP contribution in [0.4, 0.5) is 0 Å². The lowest BCUT2D eigenvalue weighted by molar-refractivity contribution is 0.635. The lowest BCUT2D eigenvalue weighted by atomic mass is 9.94. The van der Waals surface area contributed by atoms with E-state index < -0.39 is 0 Å². The van der Waals surface area contributed by atoms with E-state index in [0.29, 0.717) is 5.92 Å². The number of allylic oxidation sites excluding steroid dienone is 5. The third-order valence-corrected chi connectivity index (χ3v) is 2.99. The molecule has 1 atom stereocenters. The van der Waals surface area contributed by atoms with Crippen LogP contribution in [-0.4, -0.2) is 0 Å². The molecule has 0 amide bonds. The topological polar surface area (TPSA) is 0 Å². The van der Waals surface area contributed by atoms with Gasteiger partial charge in [-0.3, -0.25) is 0 Å². The van der Waals surface area contributed by atoms with Crippen molar-refractivity contribution >= 4 is 11.6 Å². The summed E-state index contributed by atoms with van der Waals surface area (Å²) in [5.74, 6) is 0.564. The summed E-state index contributed by atoms with van der Waals surface area (Å²) in [7, 11) is 0. The summed E-state index contributed by atoms with van der Waals surface area (Å²) in [6.07, 6.45) is 11.8. The van der Waals surface area contributed by atoms with Crippen molar-refractivity contribution in [3.05, 3.63) is 35.4 Å². The zero-order chi connectivity index (χ0) is 12.4. The fourth-order valence-corrected chi connectivity index (χ4v) is 1.71. The van der Waals surface area contributed by atoms with Crippen LogP contribution < -0.4 is 0 Å². The molecule has 0 aromatic rings. The Bertz CT molecular complexity index is 248. The van der Waals surface area contributed by atoms with Crippen molar-refractivity contribution in [2.75, 3.05) is 0 Å². The first-order valence-electron chi connectivity index (χ1n) is 6.31. The summed E-state index contributed by atoms with van der Waals surface area (Å²) in [5, 5.41) is 0.842. The molecule has 0 nitrogen and oxygen atoms in total. The van der Waals surface area contributed by atoms with E-state index in [9.17, 15) is 0 Å². The van der Waals surface area contributed by atoms with E-state index in [-0.39, 0.29) is 0 Å². The zero-order valence-corrected chi connectivity index (χ0v) is 11.7. The molecule has 0 aliphatic rings. The van der Waals surface area contributed by atoms with Crippen molar-refractivity contribution < 1.29 is 0 Å². The maximum Gasteiger partial charge on any atom is 0.0362 e. The van der Waals surface area contributed by atoms with Crippen LogP contribution in [0.15, 0.2) is 35.4 Å². The molecule has 16 heavy (non-hydrogen) atoms. The summed E-state index contributed by atoms with van der Waals surface area (Å²) in [4.78, 5) is 0. The second kappa shape index (κ2) is 9.72. The van der Waals surface area contributed by atoms with Crippen LogP contribution in [0.3, 0.4) is 0 Å². The van der Waals surface area contributed by atoms with Gasteiger partial charge in [0.15, 0.2) is 0 Å². The van der Waals surface area contributed by atoms with E-state index in [1.165, 1.54) is 18.4 Å². The molecular formula is C15H25Cl. The minimum absolute atomic E-state index is 0.564. The van der Waals surface area contributed by atoms with Gasteiger partial charge in [0, 0.05) is 5.03 Å². The van der Waals surface area contributed by atoms with Gasteiger partial charge in [0.25, 0.3) is 0 Å². The summed E-state index contributed by atoms with van der Waals surface area (Å²) < 4.78 is 0. The third kappa shape index (κ3) is 7.76. The van der Waals surface area contributed by atoms with Gasteiger partial charge >= 0.3 is 0 Å². The van der Waals surface area contributed by atoms with E-state index in [0.717, 1.165) is 24.3 Å². The molecule has 92 valence electrons. The maximum atomic E-state index is 5.98. The number of halogens is 1. The Morgan fingerprint density at radius 3 is 2.62 bits per heavy atom. The molecule has 1 heteroatoms. The molecule has 0 N–H and O–H groups in total. The predicted molar refractivity (Wildman–Crippen MR) is 75.8 cm³/mol. The average molecular weight is 241 g/mol. The normalized spacial score (nSPS) is 14.4. The summed E-state index contributed by atoms with van der Waals surface area (Å²) in [5.41, 5.74) is 1.36. The van der Waals surface area contributed by atoms with Crippen molar-refractivity contribution in [3.63, 3.8) is 0 Å². The standard InChI is InChI=1S/C15H25Cl/c1-5-7-10-13(3)14(4)11-8-12-15(16)9-6-2/h8-9,12,14H,3,5-7,10-11H2,1-2,4H3/b12-8-,15-9+. The van der Waals surface area contributed by atoms with Gasteiger partial charge in [-0.1, -0.05) is 63.1 Å². The third-order valence-electron chi connectivity index (χ3n) is 2.71. The fraction of sp³-hybridized carbons (Fsp3) is 0.600. The molecule has 0 aliphatic carbocycles. The van der Waals surface area contributed by atoms with Gasteiger partial charge in [-0.05, 0) is 37.7 Å². The second-order valence-corrected chi connectivity index (χ2v) is 4.73. The van der Waals surface area contributed by atoms with E-state index in [2.05, 4.69) is 33.4 Å². The Balaban J connectivity index is 3.92. The molecule has 0 aromatic carbocycles. The van der Waals surface area contributed by atoms with Gasteiger partial charge in [-0.2, -0.15) is 0 Å². The molecule has 0 spiro atoms.